The van der Waals surface area contributed by atoms with E-state index in [1.807, 2.05) is 11.3 Å². The minimum absolute atomic E-state index is 1.21. The van der Waals surface area contributed by atoms with Crippen LogP contribution < -0.4 is 0 Å². The summed E-state index contributed by atoms with van der Waals surface area (Å²) in [6, 6.07) is 48.6. The predicted octanol–water partition coefficient (Wildman–Crippen LogP) is 10.2. The lowest BCUT2D eigenvalue weighted by atomic mass is 10.1. The lowest BCUT2D eigenvalue weighted by Crippen LogP contribution is -1.96. The van der Waals surface area contributed by atoms with E-state index in [0.29, 0.717) is 0 Å². The standard InChI is InChI=1S/C36H22N2S/c1-5-16-28-23(11-1)24-12-2-6-17-29(24)37(28)31-19-10-20-32-35(31)27-14-3-7-18-30(27)38(32)33-21-9-15-26-25-13-4-8-22-34(25)39-36(26)33/h1-22H. The summed E-state index contributed by atoms with van der Waals surface area (Å²) in [5, 5.41) is 7.75. The zero-order valence-corrected chi connectivity index (χ0v) is 21.8. The average molecular weight is 515 g/mol. The Balaban J connectivity index is 1.46. The number of nitrogens with zero attached hydrogens (tertiary/aromatic N) is 2. The van der Waals surface area contributed by atoms with Gasteiger partial charge in [0.15, 0.2) is 0 Å². The van der Waals surface area contributed by atoms with Crippen LogP contribution in [-0.2, 0) is 0 Å². The summed E-state index contributed by atoms with van der Waals surface area (Å²) in [5.74, 6) is 0. The third-order valence-electron chi connectivity index (χ3n) is 8.12. The third kappa shape index (κ3) is 2.80. The molecule has 0 radical (unpaired) electrons. The van der Waals surface area contributed by atoms with Crippen molar-refractivity contribution >= 4 is 75.1 Å². The van der Waals surface area contributed by atoms with Crippen LogP contribution in [0.2, 0.25) is 0 Å². The SMILES string of the molecule is c1ccc2c(c1)sc1c(-n3c4ccccc4c4c(-n5c6ccccc6c6ccccc65)cccc43)cccc12. The summed E-state index contributed by atoms with van der Waals surface area (Å²) < 4.78 is 7.57. The molecule has 3 heterocycles. The van der Waals surface area contributed by atoms with E-state index in [9.17, 15) is 0 Å². The molecule has 0 aliphatic carbocycles. The number of hydrogen-bond donors (Lipinski definition) is 0. The molecule has 0 fully saturated rings. The first kappa shape index (κ1) is 21.1. The van der Waals surface area contributed by atoms with Crippen molar-refractivity contribution in [3.8, 4) is 11.4 Å². The van der Waals surface area contributed by atoms with Crippen LogP contribution in [0, 0.1) is 0 Å². The van der Waals surface area contributed by atoms with Crippen LogP contribution >= 0.6 is 11.3 Å². The number of rotatable bonds is 2. The van der Waals surface area contributed by atoms with Crippen LogP contribution in [0.25, 0.3) is 75.2 Å². The van der Waals surface area contributed by atoms with E-state index in [0.717, 1.165) is 0 Å². The van der Waals surface area contributed by atoms with Crippen LogP contribution in [0.4, 0.5) is 0 Å². The third-order valence-corrected chi connectivity index (χ3v) is 9.33. The number of benzene rings is 6. The van der Waals surface area contributed by atoms with Crippen LogP contribution in [0.3, 0.4) is 0 Å². The Kier molecular flexibility index (Phi) is 4.24. The summed E-state index contributed by atoms with van der Waals surface area (Å²) in [6.07, 6.45) is 0. The highest BCUT2D eigenvalue weighted by atomic mass is 32.1. The Labute approximate surface area is 228 Å². The van der Waals surface area contributed by atoms with Gasteiger partial charge in [-0.1, -0.05) is 91.0 Å². The van der Waals surface area contributed by atoms with E-state index in [2.05, 4.69) is 143 Å². The quantitative estimate of drug-likeness (QED) is 0.217. The second kappa shape index (κ2) is 7.83. The Morgan fingerprint density at radius 1 is 0.359 bits per heavy atom. The fraction of sp³-hybridized carbons (Fsp3) is 0. The van der Waals surface area contributed by atoms with Crippen molar-refractivity contribution in [3.63, 3.8) is 0 Å². The molecule has 0 unspecified atom stereocenters. The molecular weight excluding hydrogens is 492 g/mol. The minimum atomic E-state index is 1.21. The van der Waals surface area contributed by atoms with Crippen LogP contribution in [0.5, 0.6) is 0 Å². The molecule has 0 aliphatic heterocycles. The number of fused-ring (bicyclic) bond motifs is 9. The normalized spacial score (nSPS) is 12.1. The summed E-state index contributed by atoms with van der Waals surface area (Å²) >= 11 is 1.88. The van der Waals surface area contributed by atoms with Crippen molar-refractivity contribution in [1.29, 1.82) is 0 Å². The first-order chi connectivity index (χ1) is 19.4. The second-order valence-electron chi connectivity index (χ2n) is 10.1. The van der Waals surface area contributed by atoms with Gasteiger partial charge in [0.2, 0.25) is 0 Å². The zero-order valence-electron chi connectivity index (χ0n) is 21.0. The Hall–Kier alpha value is -4.86. The van der Waals surface area contributed by atoms with Crippen molar-refractivity contribution < 1.29 is 0 Å². The zero-order chi connectivity index (χ0) is 25.5. The molecule has 0 atom stereocenters. The molecule has 3 heteroatoms. The van der Waals surface area contributed by atoms with E-state index in [4.69, 9.17) is 0 Å². The molecule has 0 N–H and O–H groups in total. The lowest BCUT2D eigenvalue weighted by molar-refractivity contribution is 1.18. The largest absolute Gasteiger partial charge is 0.309 e. The average Bonchev–Trinajstić information content (AvgIpc) is 3.65. The van der Waals surface area contributed by atoms with Crippen LogP contribution in [-0.4, -0.2) is 9.13 Å². The van der Waals surface area contributed by atoms with Crippen LogP contribution in [0.15, 0.2) is 133 Å². The molecule has 0 spiro atoms. The van der Waals surface area contributed by atoms with E-state index in [1.165, 1.54) is 75.2 Å². The molecule has 9 rings (SSSR count). The van der Waals surface area contributed by atoms with Gasteiger partial charge in [0.05, 0.1) is 38.1 Å². The topological polar surface area (TPSA) is 9.86 Å². The van der Waals surface area contributed by atoms with Crippen molar-refractivity contribution in [2.24, 2.45) is 0 Å². The maximum atomic E-state index is 2.47. The molecule has 0 saturated carbocycles. The summed E-state index contributed by atoms with van der Waals surface area (Å²) in [7, 11) is 0. The number of aromatic nitrogens is 2. The Bertz CT molecular complexity index is 2350. The fourth-order valence-electron chi connectivity index (χ4n) is 6.54. The van der Waals surface area contributed by atoms with E-state index in [1.54, 1.807) is 0 Å². The van der Waals surface area contributed by atoms with E-state index < -0.39 is 0 Å². The highest BCUT2D eigenvalue weighted by Gasteiger charge is 2.20. The van der Waals surface area contributed by atoms with Gasteiger partial charge in [0.1, 0.15) is 0 Å². The molecule has 182 valence electrons. The van der Waals surface area contributed by atoms with Gasteiger partial charge in [0, 0.05) is 37.0 Å². The molecule has 2 nitrogen and oxygen atoms in total. The Morgan fingerprint density at radius 3 is 1.59 bits per heavy atom. The van der Waals surface area contributed by atoms with E-state index >= 15 is 0 Å². The molecule has 0 bridgehead atoms. The van der Waals surface area contributed by atoms with Crippen LogP contribution in [0.1, 0.15) is 0 Å². The van der Waals surface area contributed by atoms with Gasteiger partial charge in [-0.15, -0.1) is 11.3 Å². The van der Waals surface area contributed by atoms with Gasteiger partial charge in [-0.3, -0.25) is 0 Å². The second-order valence-corrected chi connectivity index (χ2v) is 11.2. The summed E-state index contributed by atoms with van der Waals surface area (Å²) in [6.45, 7) is 0. The molecule has 9 aromatic rings. The van der Waals surface area contributed by atoms with Crippen molar-refractivity contribution in [2.45, 2.75) is 0 Å². The fourth-order valence-corrected chi connectivity index (χ4v) is 7.74. The minimum Gasteiger partial charge on any atom is -0.309 e. The molecule has 39 heavy (non-hydrogen) atoms. The maximum Gasteiger partial charge on any atom is 0.0640 e. The predicted molar refractivity (Wildman–Crippen MR) is 168 cm³/mol. The summed E-state index contributed by atoms with van der Waals surface area (Å²) in [5.41, 5.74) is 7.36. The number of para-hydroxylation sites is 3. The molecular formula is C36H22N2S. The molecule has 3 aromatic heterocycles. The first-order valence-electron chi connectivity index (χ1n) is 13.3. The van der Waals surface area contributed by atoms with Gasteiger partial charge >= 0.3 is 0 Å². The van der Waals surface area contributed by atoms with Gasteiger partial charge < -0.3 is 9.13 Å². The number of hydrogen-bond acceptors (Lipinski definition) is 1. The van der Waals surface area contributed by atoms with Gasteiger partial charge in [-0.2, -0.15) is 0 Å². The van der Waals surface area contributed by atoms with E-state index in [-0.39, 0.29) is 0 Å². The Morgan fingerprint density at radius 2 is 0.846 bits per heavy atom. The number of thiophene rings is 1. The smallest absolute Gasteiger partial charge is 0.0640 e. The highest BCUT2D eigenvalue weighted by molar-refractivity contribution is 7.26. The highest BCUT2D eigenvalue weighted by Crippen LogP contribution is 2.43. The monoisotopic (exact) mass is 514 g/mol. The molecule has 0 aliphatic rings. The van der Waals surface area contributed by atoms with Crippen molar-refractivity contribution in [2.75, 3.05) is 0 Å². The van der Waals surface area contributed by atoms with Gasteiger partial charge in [-0.05, 0) is 42.5 Å². The van der Waals surface area contributed by atoms with Crippen molar-refractivity contribution in [1.82, 2.24) is 9.13 Å². The summed E-state index contributed by atoms with van der Waals surface area (Å²) in [4.78, 5) is 0. The lowest BCUT2D eigenvalue weighted by Gasteiger charge is -2.12. The van der Waals surface area contributed by atoms with Gasteiger partial charge in [0.25, 0.3) is 0 Å². The maximum absolute atomic E-state index is 2.47. The molecule has 0 saturated heterocycles. The van der Waals surface area contributed by atoms with Gasteiger partial charge in [-0.25, -0.2) is 0 Å². The molecule has 0 amide bonds. The van der Waals surface area contributed by atoms with Crippen molar-refractivity contribution in [3.05, 3.63) is 133 Å². The first-order valence-corrected chi connectivity index (χ1v) is 14.1. The molecule has 6 aromatic carbocycles.